The van der Waals surface area contributed by atoms with Gasteiger partial charge in [-0.2, -0.15) is 5.10 Å². The largest absolute Gasteiger partial charge is 0.322 e. The summed E-state index contributed by atoms with van der Waals surface area (Å²) in [6.07, 6.45) is 5.23. The summed E-state index contributed by atoms with van der Waals surface area (Å²) in [5.74, 6) is -0.163. The van der Waals surface area contributed by atoms with Crippen molar-refractivity contribution in [3.05, 3.63) is 77.9 Å². The average molecular weight is 292 g/mol. The fourth-order valence-electron chi connectivity index (χ4n) is 2.13. The fourth-order valence-corrected chi connectivity index (χ4v) is 2.13. The van der Waals surface area contributed by atoms with Gasteiger partial charge in [-0.3, -0.25) is 14.5 Å². The number of aryl methyl sites for hydroxylation is 1. The van der Waals surface area contributed by atoms with Gasteiger partial charge < -0.3 is 5.32 Å². The van der Waals surface area contributed by atoms with E-state index in [1.54, 1.807) is 18.5 Å². The highest BCUT2D eigenvalue weighted by Gasteiger charge is 2.06. The van der Waals surface area contributed by atoms with Crippen molar-refractivity contribution in [2.75, 3.05) is 5.32 Å². The second-order valence-electron chi connectivity index (χ2n) is 5.05. The zero-order valence-corrected chi connectivity index (χ0v) is 12.2. The standard InChI is InChI=1S/C17H16N4O/c1-13-6-7-15(11-18-13)17(22)20-16-5-2-4-14(10-16)12-21-9-3-8-19-21/h2-11H,12H2,1H3,(H,20,22). The van der Waals surface area contributed by atoms with Crippen molar-refractivity contribution in [1.29, 1.82) is 0 Å². The Labute approximate surface area is 128 Å². The lowest BCUT2D eigenvalue weighted by atomic mass is 10.2. The van der Waals surface area contributed by atoms with Crippen LogP contribution in [0, 0.1) is 6.92 Å². The number of rotatable bonds is 4. The van der Waals surface area contributed by atoms with Crippen molar-refractivity contribution in [3.8, 4) is 0 Å². The maximum absolute atomic E-state index is 12.2. The lowest BCUT2D eigenvalue weighted by Gasteiger charge is -2.08. The van der Waals surface area contributed by atoms with Gasteiger partial charge in [0.2, 0.25) is 0 Å². The van der Waals surface area contributed by atoms with Crippen molar-refractivity contribution in [3.63, 3.8) is 0 Å². The lowest BCUT2D eigenvalue weighted by molar-refractivity contribution is 0.102. The van der Waals surface area contributed by atoms with Gasteiger partial charge in [-0.15, -0.1) is 0 Å². The van der Waals surface area contributed by atoms with E-state index in [2.05, 4.69) is 15.4 Å². The number of carbonyl (C=O) groups excluding carboxylic acids is 1. The van der Waals surface area contributed by atoms with Crippen LogP contribution in [0.5, 0.6) is 0 Å². The van der Waals surface area contributed by atoms with Crippen LogP contribution >= 0.6 is 0 Å². The molecule has 0 aliphatic rings. The fraction of sp³-hybridized carbons (Fsp3) is 0.118. The summed E-state index contributed by atoms with van der Waals surface area (Å²) in [5.41, 5.74) is 3.26. The molecule has 0 unspecified atom stereocenters. The molecule has 0 saturated heterocycles. The molecule has 110 valence electrons. The van der Waals surface area contributed by atoms with E-state index in [0.29, 0.717) is 12.1 Å². The third-order valence-corrected chi connectivity index (χ3v) is 3.26. The Bertz CT molecular complexity index is 764. The van der Waals surface area contributed by atoms with Crippen LogP contribution in [0.2, 0.25) is 0 Å². The molecule has 1 amide bonds. The van der Waals surface area contributed by atoms with Crippen molar-refractivity contribution >= 4 is 11.6 Å². The van der Waals surface area contributed by atoms with E-state index in [1.807, 2.05) is 54.2 Å². The highest BCUT2D eigenvalue weighted by Crippen LogP contribution is 2.13. The zero-order valence-electron chi connectivity index (χ0n) is 12.2. The molecule has 1 N–H and O–H groups in total. The maximum Gasteiger partial charge on any atom is 0.257 e. The number of pyridine rings is 1. The van der Waals surface area contributed by atoms with Crippen LogP contribution in [-0.4, -0.2) is 20.7 Å². The summed E-state index contributed by atoms with van der Waals surface area (Å²) in [7, 11) is 0. The highest BCUT2D eigenvalue weighted by atomic mass is 16.1. The topological polar surface area (TPSA) is 59.8 Å². The van der Waals surface area contributed by atoms with Gasteiger partial charge in [0.1, 0.15) is 0 Å². The number of hydrogen-bond donors (Lipinski definition) is 1. The predicted molar refractivity (Wildman–Crippen MR) is 84.7 cm³/mol. The summed E-state index contributed by atoms with van der Waals surface area (Å²) in [5, 5.41) is 7.07. The van der Waals surface area contributed by atoms with Crippen LogP contribution < -0.4 is 5.32 Å². The smallest absolute Gasteiger partial charge is 0.257 e. The Morgan fingerprint density at radius 2 is 2.14 bits per heavy atom. The third kappa shape index (κ3) is 3.38. The molecule has 0 atom stereocenters. The van der Waals surface area contributed by atoms with Gasteiger partial charge in [0, 0.05) is 30.0 Å². The molecule has 22 heavy (non-hydrogen) atoms. The Balaban J connectivity index is 1.72. The second kappa shape index (κ2) is 6.22. The van der Waals surface area contributed by atoms with Crippen LogP contribution in [0.3, 0.4) is 0 Å². The number of carbonyl (C=O) groups is 1. The number of aromatic nitrogens is 3. The predicted octanol–water partition coefficient (Wildman–Crippen LogP) is 2.89. The van der Waals surface area contributed by atoms with Gasteiger partial charge >= 0.3 is 0 Å². The average Bonchev–Trinajstić information content (AvgIpc) is 3.01. The SMILES string of the molecule is Cc1ccc(C(=O)Nc2cccc(Cn3cccn3)c2)cn1. The first-order chi connectivity index (χ1) is 10.7. The van der Waals surface area contributed by atoms with Crippen molar-refractivity contribution in [2.45, 2.75) is 13.5 Å². The number of anilines is 1. The Morgan fingerprint density at radius 3 is 2.86 bits per heavy atom. The molecule has 3 aromatic rings. The summed E-state index contributed by atoms with van der Waals surface area (Å²) >= 11 is 0. The third-order valence-electron chi connectivity index (χ3n) is 3.26. The van der Waals surface area contributed by atoms with E-state index < -0.39 is 0 Å². The monoisotopic (exact) mass is 292 g/mol. The van der Waals surface area contributed by atoms with Crippen molar-refractivity contribution in [2.24, 2.45) is 0 Å². The summed E-state index contributed by atoms with van der Waals surface area (Å²) < 4.78 is 1.84. The van der Waals surface area contributed by atoms with E-state index in [9.17, 15) is 4.79 Å². The second-order valence-corrected chi connectivity index (χ2v) is 5.05. The summed E-state index contributed by atoms with van der Waals surface area (Å²) in [6.45, 7) is 2.56. The van der Waals surface area contributed by atoms with Crippen LogP contribution in [0.1, 0.15) is 21.6 Å². The minimum Gasteiger partial charge on any atom is -0.322 e. The molecule has 3 rings (SSSR count). The quantitative estimate of drug-likeness (QED) is 0.804. The molecule has 0 fully saturated rings. The number of nitrogens with zero attached hydrogens (tertiary/aromatic N) is 3. The van der Waals surface area contributed by atoms with Crippen LogP contribution in [0.25, 0.3) is 0 Å². The molecule has 0 bridgehead atoms. The normalized spacial score (nSPS) is 10.4. The molecule has 1 aromatic carbocycles. The Hall–Kier alpha value is -2.95. The van der Waals surface area contributed by atoms with Crippen LogP contribution in [0.15, 0.2) is 61.1 Å². The van der Waals surface area contributed by atoms with E-state index in [0.717, 1.165) is 16.9 Å². The minimum absolute atomic E-state index is 0.163. The van der Waals surface area contributed by atoms with Gasteiger partial charge in [-0.1, -0.05) is 12.1 Å². The van der Waals surface area contributed by atoms with Crippen LogP contribution in [0.4, 0.5) is 5.69 Å². The first kappa shape index (κ1) is 14.0. The van der Waals surface area contributed by atoms with Crippen LogP contribution in [-0.2, 0) is 6.54 Å². The zero-order chi connectivity index (χ0) is 15.4. The van der Waals surface area contributed by atoms with Gasteiger partial charge in [0.15, 0.2) is 0 Å². The molecule has 0 aliphatic heterocycles. The van der Waals surface area contributed by atoms with E-state index in [-0.39, 0.29) is 5.91 Å². The molecule has 2 heterocycles. The van der Waals surface area contributed by atoms with Gasteiger partial charge in [0.25, 0.3) is 5.91 Å². The minimum atomic E-state index is -0.163. The van der Waals surface area contributed by atoms with Gasteiger partial charge in [-0.25, -0.2) is 0 Å². The first-order valence-electron chi connectivity index (χ1n) is 7.01. The molecular formula is C17H16N4O. The highest BCUT2D eigenvalue weighted by molar-refractivity contribution is 6.04. The molecule has 0 spiro atoms. The summed E-state index contributed by atoms with van der Waals surface area (Å²) in [4.78, 5) is 16.3. The first-order valence-corrected chi connectivity index (χ1v) is 7.01. The number of amides is 1. The number of nitrogens with one attached hydrogen (secondary N) is 1. The molecule has 2 aromatic heterocycles. The van der Waals surface area contributed by atoms with Crippen molar-refractivity contribution < 1.29 is 4.79 Å². The Kier molecular flexibility index (Phi) is 3.96. The van der Waals surface area contributed by atoms with E-state index in [1.165, 1.54) is 0 Å². The van der Waals surface area contributed by atoms with Crippen molar-refractivity contribution in [1.82, 2.24) is 14.8 Å². The molecule has 0 radical (unpaired) electrons. The Morgan fingerprint density at radius 1 is 1.23 bits per heavy atom. The van der Waals surface area contributed by atoms with E-state index in [4.69, 9.17) is 0 Å². The number of hydrogen-bond acceptors (Lipinski definition) is 3. The molecule has 0 aliphatic carbocycles. The molecular weight excluding hydrogens is 276 g/mol. The van der Waals surface area contributed by atoms with Gasteiger partial charge in [0.05, 0.1) is 12.1 Å². The molecule has 0 saturated carbocycles. The maximum atomic E-state index is 12.2. The number of benzene rings is 1. The molecule has 5 nitrogen and oxygen atoms in total. The van der Waals surface area contributed by atoms with E-state index >= 15 is 0 Å². The van der Waals surface area contributed by atoms with Gasteiger partial charge in [-0.05, 0) is 42.8 Å². The molecule has 5 heteroatoms. The summed E-state index contributed by atoms with van der Waals surface area (Å²) in [6, 6.07) is 13.2. The lowest BCUT2D eigenvalue weighted by Crippen LogP contribution is -2.12.